The van der Waals surface area contributed by atoms with E-state index in [0.717, 1.165) is 21.8 Å². The zero-order valence-electron chi connectivity index (χ0n) is 10.1. The van der Waals surface area contributed by atoms with E-state index in [1.807, 2.05) is 24.3 Å². The average Bonchev–Trinajstić information content (AvgIpc) is 2.33. The maximum atomic E-state index is 11.6. The van der Waals surface area contributed by atoms with Gasteiger partial charge in [0.15, 0.2) is 0 Å². The van der Waals surface area contributed by atoms with Crippen LogP contribution in [-0.4, -0.2) is 31.0 Å². The Kier molecular flexibility index (Phi) is 8.29. The number of benzene rings is 1. The second-order valence-corrected chi connectivity index (χ2v) is 5.52. The first-order chi connectivity index (χ1) is 8.72. The first-order valence-electron chi connectivity index (χ1n) is 5.87. The van der Waals surface area contributed by atoms with Crippen molar-refractivity contribution in [1.29, 1.82) is 0 Å². The highest BCUT2D eigenvalue weighted by Crippen LogP contribution is 2.11. The molecule has 0 saturated carbocycles. The summed E-state index contributed by atoms with van der Waals surface area (Å²) in [5, 5.41) is 3.73. The lowest BCUT2D eigenvalue weighted by atomic mass is 10.1. The van der Waals surface area contributed by atoms with Crippen LogP contribution in [0.3, 0.4) is 0 Å². The molecule has 1 amide bonds. The predicted octanol–water partition coefficient (Wildman–Crippen LogP) is 2.91. The minimum Gasteiger partial charge on any atom is -0.381 e. The summed E-state index contributed by atoms with van der Waals surface area (Å²) in [5.74, 6) is 0.0496. The van der Waals surface area contributed by atoms with Crippen LogP contribution in [0, 0.1) is 0 Å². The largest absolute Gasteiger partial charge is 0.381 e. The number of halogens is 2. The van der Waals surface area contributed by atoms with Crippen molar-refractivity contribution >= 4 is 37.8 Å². The Bertz CT molecular complexity index is 372. The maximum absolute atomic E-state index is 11.6. The Morgan fingerprint density at radius 1 is 1.33 bits per heavy atom. The van der Waals surface area contributed by atoms with E-state index in [4.69, 9.17) is 4.74 Å². The molecule has 1 aromatic rings. The van der Waals surface area contributed by atoms with Crippen LogP contribution in [0.15, 0.2) is 28.7 Å². The number of amides is 1. The summed E-state index contributed by atoms with van der Waals surface area (Å²) in [6.45, 7) is 2.06. The van der Waals surface area contributed by atoms with E-state index in [2.05, 4.69) is 37.2 Å². The second kappa shape index (κ2) is 9.53. The molecule has 0 aliphatic rings. The molecule has 0 radical (unpaired) electrons. The third kappa shape index (κ3) is 7.13. The number of hydrogen-bond acceptors (Lipinski definition) is 2. The average molecular weight is 379 g/mol. The highest BCUT2D eigenvalue weighted by Gasteiger charge is 2.02. The Morgan fingerprint density at radius 2 is 2.17 bits per heavy atom. The third-order valence-electron chi connectivity index (χ3n) is 2.26. The predicted molar refractivity (Wildman–Crippen MR) is 80.1 cm³/mol. The monoisotopic (exact) mass is 377 g/mol. The van der Waals surface area contributed by atoms with Crippen LogP contribution < -0.4 is 5.32 Å². The Morgan fingerprint density at radius 3 is 2.89 bits per heavy atom. The molecule has 1 rings (SSSR count). The quantitative estimate of drug-likeness (QED) is 0.558. The number of ether oxygens (including phenoxy) is 1. The zero-order chi connectivity index (χ0) is 13.2. The van der Waals surface area contributed by atoms with Crippen LogP contribution in [0.5, 0.6) is 0 Å². The fourth-order valence-electron chi connectivity index (χ4n) is 1.45. The van der Waals surface area contributed by atoms with Crippen LogP contribution in [-0.2, 0) is 16.0 Å². The topological polar surface area (TPSA) is 38.3 Å². The molecule has 0 heterocycles. The first-order valence-corrected chi connectivity index (χ1v) is 7.78. The molecule has 0 spiro atoms. The van der Waals surface area contributed by atoms with Gasteiger partial charge in [-0.3, -0.25) is 4.79 Å². The number of hydrogen-bond donors (Lipinski definition) is 1. The summed E-state index contributed by atoms with van der Waals surface area (Å²) in [6, 6.07) is 7.78. The van der Waals surface area contributed by atoms with Gasteiger partial charge in [-0.15, -0.1) is 0 Å². The summed E-state index contributed by atoms with van der Waals surface area (Å²) in [5.41, 5.74) is 1.01. The van der Waals surface area contributed by atoms with Crippen molar-refractivity contribution in [3.63, 3.8) is 0 Å². The minimum absolute atomic E-state index is 0.0496. The fraction of sp³-hybridized carbons (Fsp3) is 0.462. The van der Waals surface area contributed by atoms with E-state index in [0.29, 0.717) is 26.2 Å². The molecule has 3 nitrogen and oxygen atoms in total. The number of nitrogens with one attached hydrogen (secondary N) is 1. The molecule has 18 heavy (non-hydrogen) atoms. The van der Waals surface area contributed by atoms with E-state index in [9.17, 15) is 4.79 Å². The maximum Gasteiger partial charge on any atom is 0.224 e. The Balaban J connectivity index is 2.14. The molecule has 0 aromatic heterocycles. The van der Waals surface area contributed by atoms with Crippen molar-refractivity contribution in [3.05, 3.63) is 34.3 Å². The highest BCUT2D eigenvalue weighted by molar-refractivity contribution is 9.10. The summed E-state index contributed by atoms with van der Waals surface area (Å²) >= 11 is 6.67. The summed E-state index contributed by atoms with van der Waals surface area (Å²) in [6.07, 6.45) is 1.26. The molecule has 5 heteroatoms. The van der Waals surface area contributed by atoms with Gasteiger partial charge in [-0.1, -0.05) is 44.0 Å². The van der Waals surface area contributed by atoms with Crippen molar-refractivity contribution in [2.45, 2.75) is 12.8 Å². The summed E-state index contributed by atoms with van der Waals surface area (Å²) in [4.78, 5) is 11.6. The lowest BCUT2D eigenvalue weighted by Crippen LogP contribution is -2.26. The lowest BCUT2D eigenvalue weighted by molar-refractivity contribution is -0.120. The molecule has 0 atom stereocenters. The molecule has 0 aliphatic carbocycles. The highest BCUT2D eigenvalue weighted by atomic mass is 79.9. The summed E-state index contributed by atoms with van der Waals surface area (Å²) < 4.78 is 6.29. The van der Waals surface area contributed by atoms with Gasteiger partial charge in [-0.2, -0.15) is 0 Å². The van der Waals surface area contributed by atoms with Crippen LogP contribution >= 0.6 is 31.9 Å². The van der Waals surface area contributed by atoms with Crippen molar-refractivity contribution in [2.24, 2.45) is 0 Å². The molecular formula is C13H17Br2NO2. The van der Waals surface area contributed by atoms with Gasteiger partial charge in [0.05, 0.1) is 13.0 Å². The Labute approximate surface area is 125 Å². The number of carbonyl (C=O) groups excluding carboxylic acids is 1. The molecule has 0 saturated heterocycles. The smallest absolute Gasteiger partial charge is 0.224 e. The van der Waals surface area contributed by atoms with E-state index in [-0.39, 0.29) is 5.91 Å². The van der Waals surface area contributed by atoms with Crippen LogP contribution in [0.1, 0.15) is 12.0 Å². The summed E-state index contributed by atoms with van der Waals surface area (Å²) in [7, 11) is 0. The second-order valence-electron chi connectivity index (χ2n) is 3.81. The van der Waals surface area contributed by atoms with Gasteiger partial charge < -0.3 is 10.1 Å². The molecule has 1 N–H and O–H groups in total. The molecule has 0 bridgehead atoms. The number of carbonyl (C=O) groups is 1. The first kappa shape index (κ1) is 15.7. The van der Waals surface area contributed by atoms with E-state index in [1.165, 1.54) is 0 Å². The number of rotatable bonds is 8. The molecule has 1 aromatic carbocycles. The van der Waals surface area contributed by atoms with E-state index >= 15 is 0 Å². The molecule has 100 valence electrons. The van der Waals surface area contributed by atoms with Crippen molar-refractivity contribution in [3.8, 4) is 0 Å². The molecular weight excluding hydrogens is 362 g/mol. The van der Waals surface area contributed by atoms with Gasteiger partial charge in [0, 0.05) is 23.0 Å². The van der Waals surface area contributed by atoms with E-state index in [1.54, 1.807) is 0 Å². The van der Waals surface area contributed by atoms with Gasteiger partial charge in [-0.25, -0.2) is 0 Å². The van der Waals surface area contributed by atoms with Crippen molar-refractivity contribution in [1.82, 2.24) is 5.32 Å². The molecule has 0 unspecified atom stereocenters. The molecule has 0 fully saturated rings. The normalized spacial score (nSPS) is 10.3. The standard InChI is InChI=1S/C13H17Br2NO2/c14-5-8-18-7-2-6-16-13(17)10-11-3-1-4-12(15)9-11/h1,3-4,9H,2,5-8,10H2,(H,16,17). The van der Waals surface area contributed by atoms with Crippen LogP contribution in [0.25, 0.3) is 0 Å². The minimum atomic E-state index is 0.0496. The van der Waals surface area contributed by atoms with Gasteiger partial charge in [0.25, 0.3) is 0 Å². The SMILES string of the molecule is O=C(Cc1cccc(Br)c1)NCCCOCCBr. The number of alkyl halides is 1. The van der Waals surface area contributed by atoms with E-state index < -0.39 is 0 Å². The Hall–Kier alpha value is -0.390. The van der Waals surface area contributed by atoms with Gasteiger partial charge >= 0.3 is 0 Å². The lowest BCUT2D eigenvalue weighted by Gasteiger charge is -2.06. The van der Waals surface area contributed by atoms with Crippen molar-refractivity contribution in [2.75, 3.05) is 25.1 Å². The third-order valence-corrected chi connectivity index (χ3v) is 3.08. The fourth-order valence-corrected chi connectivity index (χ4v) is 2.13. The van der Waals surface area contributed by atoms with Gasteiger partial charge in [0.1, 0.15) is 0 Å². The van der Waals surface area contributed by atoms with Gasteiger partial charge in [0.2, 0.25) is 5.91 Å². The van der Waals surface area contributed by atoms with Gasteiger partial charge in [-0.05, 0) is 24.1 Å². The zero-order valence-corrected chi connectivity index (χ0v) is 13.3. The van der Waals surface area contributed by atoms with Crippen LogP contribution in [0.4, 0.5) is 0 Å². The van der Waals surface area contributed by atoms with Crippen molar-refractivity contribution < 1.29 is 9.53 Å². The van der Waals surface area contributed by atoms with Crippen LogP contribution in [0.2, 0.25) is 0 Å². The molecule has 0 aliphatic heterocycles.